The zero-order chi connectivity index (χ0) is 16.2. The van der Waals surface area contributed by atoms with Crippen molar-refractivity contribution in [2.45, 2.75) is 19.6 Å². The average molecular weight is 326 g/mol. The highest BCUT2D eigenvalue weighted by molar-refractivity contribution is 7.98. The van der Waals surface area contributed by atoms with Crippen LogP contribution in [0.2, 0.25) is 0 Å². The third-order valence-corrected chi connectivity index (χ3v) is 4.49. The van der Waals surface area contributed by atoms with E-state index >= 15 is 0 Å². The predicted molar refractivity (Wildman–Crippen MR) is 94.9 cm³/mol. The summed E-state index contributed by atoms with van der Waals surface area (Å²) in [5, 5.41) is 10.8. The minimum atomic E-state index is -0.137. The zero-order valence-electron chi connectivity index (χ0n) is 13.1. The fourth-order valence-corrected chi connectivity index (χ4v) is 2.90. The summed E-state index contributed by atoms with van der Waals surface area (Å²) in [5.74, 6) is 1.92. The maximum Gasteiger partial charge on any atom is 0.255 e. The van der Waals surface area contributed by atoms with Crippen LogP contribution in [0.15, 0.2) is 36.5 Å². The first kappa shape index (κ1) is 15.6. The van der Waals surface area contributed by atoms with Crippen LogP contribution in [0, 0.1) is 6.92 Å². The number of aromatic nitrogens is 3. The maximum absolute atomic E-state index is 12.3. The Labute approximate surface area is 138 Å². The number of fused-ring (bicyclic) bond motifs is 1. The maximum atomic E-state index is 12.3. The van der Waals surface area contributed by atoms with Gasteiger partial charge in [-0.15, -0.1) is 0 Å². The molecule has 2 N–H and O–H groups in total. The number of hydrogen-bond donors (Lipinski definition) is 2. The summed E-state index contributed by atoms with van der Waals surface area (Å²) in [6.07, 6.45) is 1.62. The monoisotopic (exact) mass is 326 g/mol. The molecule has 3 rings (SSSR count). The molecule has 0 aliphatic heterocycles. The van der Waals surface area contributed by atoms with Crippen molar-refractivity contribution in [2.24, 2.45) is 0 Å². The number of amides is 1. The molecule has 0 aliphatic rings. The summed E-state index contributed by atoms with van der Waals surface area (Å²) in [4.78, 5) is 16.6. The number of benzene rings is 1. The van der Waals surface area contributed by atoms with E-state index in [0.29, 0.717) is 16.9 Å². The highest BCUT2D eigenvalue weighted by Gasteiger charge is 2.09. The molecule has 5 nitrogen and oxygen atoms in total. The summed E-state index contributed by atoms with van der Waals surface area (Å²) in [6.45, 7) is 4.06. The third kappa shape index (κ3) is 3.53. The Bertz CT molecular complexity index is 826. The molecule has 23 heavy (non-hydrogen) atoms. The topological polar surface area (TPSA) is 70.7 Å². The summed E-state index contributed by atoms with van der Waals surface area (Å²) < 4.78 is 0. The molecular formula is C17H18N4OS. The molecule has 3 aromatic rings. The summed E-state index contributed by atoms with van der Waals surface area (Å²) >= 11 is 1.86. The van der Waals surface area contributed by atoms with E-state index in [4.69, 9.17) is 0 Å². The van der Waals surface area contributed by atoms with E-state index in [2.05, 4.69) is 27.4 Å². The molecule has 0 aliphatic carbocycles. The van der Waals surface area contributed by atoms with Crippen LogP contribution in [0.4, 0.5) is 5.69 Å². The number of carbonyl (C=O) groups is 1. The van der Waals surface area contributed by atoms with Gasteiger partial charge in [-0.25, -0.2) is 4.98 Å². The molecule has 6 heteroatoms. The van der Waals surface area contributed by atoms with Crippen molar-refractivity contribution in [3.63, 3.8) is 0 Å². The van der Waals surface area contributed by atoms with Crippen molar-refractivity contribution >= 4 is 34.4 Å². The Hall–Kier alpha value is -2.34. The van der Waals surface area contributed by atoms with E-state index in [1.54, 1.807) is 6.20 Å². The van der Waals surface area contributed by atoms with Gasteiger partial charge in [-0.1, -0.05) is 19.1 Å². The highest BCUT2D eigenvalue weighted by Crippen LogP contribution is 2.18. The zero-order valence-corrected chi connectivity index (χ0v) is 13.9. The van der Waals surface area contributed by atoms with Crippen LogP contribution in [0.25, 0.3) is 11.0 Å². The van der Waals surface area contributed by atoms with E-state index in [1.807, 2.05) is 49.0 Å². The predicted octanol–water partition coefficient (Wildman–Crippen LogP) is 3.77. The van der Waals surface area contributed by atoms with Gasteiger partial charge in [-0.2, -0.15) is 16.9 Å². The van der Waals surface area contributed by atoms with Gasteiger partial charge >= 0.3 is 0 Å². The molecule has 118 valence electrons. The molecule has 0 radical (unpaired) electrons. The van der Waals surface area contributed by atoms with E-state index in [9.17, 15) is 4.79 Å². The van der Waals surface area contributed by atoms with Crippen molar-refractivity contribution in [3.8, 4) is 0 Å². The minimum absolute atomic E-state index is 0.137. The summed E-state index contributed by atoms with van der Waals surface area (Å²) in [6, 6.07) is 9.59. The molecule has 2 heterocycles. The second-order valence-electron chi connectivity index (χ2n) is 5.23. The first-order valence-corrected chi connectivity index (χ1v) is 8.61. The number of carbonyl (C=O) groups excluding carboxylic acids is 1. The normalized spacial score (nSPS) is 10.9. The second kappa shape index (κ2) is 6.83. The minimum Gasteiger partial charge on any atom is -0.321 e. The van der Waals surface area contributed by atoms with Crippen LogP contribution in [0.5, 0.6) is 0 Å². The van der Waals surface area contributed by atoms with Crippen LogP contribution in [0.1, 0.15) is 28.5 Å². The van der Waals surface area contributed by atoms with E-state index < -0.39 is 0 Å². The highest BCUT2D eigenvalue weighted by atomic mass is 32.2. The number of nitrogens with one attached hydrogen (secondary N) is 2. The molecule has 0 spiro atoms. The SMILES string of the molecule is CCSCc1ccc(C(=O)Nc2cnc3n[nH]c(C)c3c2)cc1. The van der Waals surface area contributed by atoms with Crippen molar-refractivity contribution in [1.29, 1.82) is 0 Å². The Morgan fingerprint density at radius 3 is 2.83 bits per heavy atom. The molecule has 0 saturated heterocycles. The van der Waals surface area contributed by atoms with Crippen molar-refractivity contribution in [1.82, 2.24) is 15.2 Å². The molecular weight excluding hydrogens is 308 g/mol. The summed E-state index contributed by atoms with van der Waals surface area (Å²) in [5.41, 5.74) is 4.11. The van der Waals surface area contributed by atoms with Crippen molar-refractivity contribution in [3.05, 3.63) is 53.3 Å². The average Bonchev–Trinajstić information content (AvgIpc) is 2.94. The Kier molecular flexibility index (Phi) is 4.62. The number of hydrogen-bond acceptors (Lipinski definition) is 4. The quantitative estimate of drug-likeness (QED) is 0.749. The van der Waals surface area contributed by atoms with Crippen LogP contribution in [-0.4, -0.2) is 26.8 Å². The Morgan fingerprint density at radius 2 is 2.09 bits per heavy atom. The van der Waals surface area contributed by atoms with Crippen LogP contribution in [-0.2, 0) is 5.75 Å². The Balaban J connectivity index is 1.73. The lowest BCUT2D eigenvalue weighted by Crippen LogP contribution is -2.12. The summed E-state index contributed by atoms with van der Waals surface area (Å²) in [7, 11) is 0. The fraction of sp³-hybridized carbons (Fsp3) is 0.235. The van der Waals surface area contributed by atoms with Gasteiger partial charge in [0.25, 0.3) is 5.91 Å². The van der Waals surface area contributed by atoms with Gasteiger partial charge < -0.3 is 5.32 Å². The van der Waals surface area contributed by atoms with Gasteiger partial charge in [0, 0.05) is 22.4 Å². The van der Waals surface area contributed by atoms with Gasteiger partial charge in [0.1, 0.15) is 0 Å². The van der Waals surface area contributed by atoms with Crippen LogP contribution >= 0.6 is 11.8 Å². The third-order valence-electron chi connectivity index (χ3n) is 3.55. The van der Waals surface area contributed by atoms with E-state index in [1.165, 1.54) is 5.56 Å². The second-order valence-corrected chi connectivity index (χ2v) is 6.51. The van der Waals surface area contributed by atoms with E-state index in [-0.39, 0.29) is 5.91 Å². The van der Waals surface area contributed by atoms with Gasteiger partial charge in [0.05, 0.1) is 11.9 Å². The molecule has 1 amide bonds. The largest absolute Gasteiger partial charge is 0.321 e. The standard InChI is InChI=1S/C17H18N4OS/c1-3-23-10-12-4-6-13(7-5-12)17(22)19-14-8-15-11(2)20-21-16(15)18-9-14/h4-9H,3,10H2,1-2H3,(H,19,22)(H,18,20,21). The lowest BCUT2D eigenvalue weighted by Gasteiger charge is -2.06. The van der Waals surface area contributed by atoms with Crippen LogP contribution < -0.4 is 5.32 Å². The number of anilines is 1. The van der Waals surface area contributed by atoms with Crippen molar-refractivity contribution < 1.29 is 4.79 Å². The molecule has 1 aromatic carbocycles. The number of aryl methyl sites for hydroxylation is 1. The van der Waals surface area contributed by atoms with Crippen LogP contribution in [0.3, 0.4) is 0 Å². The first-order valence-electron chi connectivity index (χ1n) is 7.46. The van der Waals surface area contributed by atoms with Gasteiger partial charge in [0.15, 0.2) is 5.65 Å². The van der Waals surface area contributed by atoms with E-state index in [0.717, 1.165) is 22.6 Å². The molecule has 0 unspecified atom stereocenters. The smallest absolute Gasteiger partial charge is 0.255 e. The van der Waals surface area contributed by atoms with Crippen molar-refractivity contribution in [2.75, 3.05) is 11.1 Å². The number of H-pyrrole nitrogens is 1. The van der Waals surface area contributed by atoms with Gasteiger partial charge in [-0.05, 0) is 36.4 Å². The first-order chi connectivity index (χ1) is 11.2. The number of rotatable bonds is 5. The fourth-order valence-electron chi connectivity index (χ4n) is 2.26. The number of pyridine rings is 1. The van der Waals surface area contributed by atoms with Gasteiger partial charge in [-0.3, -0.25) is 9.89 Å². The Morgan fingerprint density at radius 1 is 1.30 bits per heavy atom. The molecule has 0 bridgehead atoms. The molecule has 2 aromatic heterocycles. The number of nitrogens with zero attached hydrogens (tertiary/aromatic N) is 2. The number of thioether (sulfide) groups is 1. The molecule has 0 atom stereocenters. The molecule has 0 saturated carbocycles. The van der Waals surface area contributed by atoms with Gasteiger partial charge in [0.2, 0.25) is 0 Å². The number of aromatic amines is 1. The lowest BCUT2D eigenvalue weighted by atomic mass is 10.1. The molecule has 0 fully saturated rings. The lowest BCUT2D eigenvalue weighted by molar-refractivity contribution is 0.102.